The van der Waals surface area contributed by atoms with Crippen molar-refractivity contribution in [1.29, 1.82) is 0 Å². The molecule has 3 rings (SSSR count). The van der Waals surface area contributed by atoms with Crippen LogP contribution in [-0.2, 0) is 20.8 Å². The number of hydrogen-bond acceptors (Lipinski definition) is 6. The Morgan fingerprint density at radius 1 is 1.32 bits per heavy atom. The Kier molecular flexibility index (Phi) is 6.57. The second kappa shape index (κ2) is 8.99. The van der Waals surface area contributed by atoms with Crippen LogP contribution in [0.5, 0.6) is 0 Å². The number of aromatic nitrogens is 2. The summed E-state index contributed by atoms with van der Waals surface area (Å²) in [5.74, 6) is -0.312. The van der Waals surface area contributed by atoms with Crippen molar-refractivity contribution in [2.45, 2.75) is 78.3 Å². The number of imidazole rings is 1. The third-order valence-corrected chi connectivity index (χ3v) is 4.71. The summed E-state index contributed by atoms with van der Waals surface area (Å²) in [5.41, 5.74) is 3.08. The van der Waals surface area contributed by atoms with E-state index in [1.165, 1.54) is 0 Å². The first-order valence-electron chi connectivity index (χ1n) is 10.6. The summed E-state index contributed by atoms with van der Waals surface area (Å²) in [6, 6.07) is 6.05. The molecule has 0 aliphatic carbocycles. The van der Waals surface area contributed by atoms with Crippen LogP contribution in [0.4, 0.5) is 10.5 Å². The Morgan fingerprint density at radius 2 is 2.06 bits per heavy atom. The van der Waals surface area contributed by atoms with Gasteiger partial charge in [0.25, 0.3) is 0 Å². The van der Waals surface area contributed by atoms with Crippen LogP contribution in [0.15, 0.2) is 30.7 Å². The van der Waals surface area contributed by atoms with Crippen molar-refractivity contribution in [3.05, 3.63) is 36.3 Å². The zero-order chi connectivity index (χ0) is 22.8. The maximum absolute atomic E-state index is 12.2. The molecule has 0 bridgehead atoms. The molecule has 8 nitrogen and oxygen atoms in total. The average molecular weight is 429 g/mol. The zero-order valence-corrected chi connectivity index (χ0v) is 19.1. The fourth-order valence-electron chi connectivity index (χ4n) is 3.59. The lowest BCUT2D eigenvalue weighted by Gasteiger charge is -2.32. The highest BCUT2D eigenvalue weighted by molar-refractivity contribution is 5.72. The molecule has 0 saturated heterocycles. The molecule has 0 radical (unpaired) electrons. The number of esters is 1. The van der Waals surface area contributed by atoms with Gasteiger partial charge in [-0.15, -0.1) is 0 Å². The lowest BCUT2D eigenvalue weighted by atomic mass is 9.92. The minimum absolute atomic E-state index is 0.0967. The quantitative estimate of drug-likeness (QED) is 0.691. The Balaban J connectivity index is 1.79. The largest absolute Gasteiger partial charge is 0.459 e. The predicted molar refractivity (Wildman–Crippen MR) is 119 cm³/mol. The monoisotopic (exact) mass is 428 g/mol. The number of anilines is 1. The number of benzene rings is 1. The SMILES string of the molecule is CC1CC(NC(=O)OC(C)C)c2cc(-c3cn(CC(=O)OC(C)(C)C)cn3)ccc2N1. The van der Waals surface area contributed by atoms with E-state index >= 15 is 0 Å². The zero-order valence-electron chi connectivity index (χ0n) is 19.1. The number of fused-ring (bicyclic) bond motifs is 1. The lowest BCUT2D eigenvalue weighted by molar-refractivity contribution is -0.155. The second-order valence-electron chi connectivity index (χ2n) is 9.25. The van der Waals surface area contributed by atoms with Gasteiger partial charge in [-0.3, -0.25) is 4.79 Å². The summed E-state index contributed by atoms with van der Waals surface area (Å²) < 4.78 is 12.3. The van der Waals surface area contributed by atoms with E-state index < -0.39 is 11.7 Å². The molecule has 8 heteroatoms. The fourth-order valence-corrected chi connectivity index (χ4v) is 3.59. The summed E-state index contributed by atoms with van der Waals surface area (Å²) in [6.07, 6.45) is 3.58. The lowest BCUT2D eigenvalue weighted by Crippen LogP contribution is -2.37. The molecular weight excluding hydrogens is 396 g/mol. The summed E-state index contributed by atoms with van der Waals surface area (Å²) >= 11 is 0. The first-order chi connectivity index (χ1) is 14.5. The van der Waals surface area contributed by atoms with Gasteiger partial charge in [-0.05, 0) is 65.7 Å². The Morgan fingerprint density at radius 3 is 2.74 bits per heavy atom. The molecule has 168 valence electrons. The van der Waals surface area contributed by atoms with Gasteiger partial charge >= 0.3 is 12.1 Å². The van der Waals surface area contributed by atoms with Crippen molar-refractivity contribution in [3.63, 3.8) is 0 Å². The summed E-state index contributed by atoms with van der Waals surface area (Å²) in [5, 5.41) is 6.44. The topological polar surface area (TPSA) is 94.5 Å². The molecule has 0 spiro atoms. The van der Waals surface area contributed by atoms with Crippen LogP contribution < -0.4 is 10.6 Å². The van der Waals surface area contributed by atoms with Gasteiger partial charge in [0.15, 0.2) is 0 Å². The molecule has 1 aromatic heterocycles. The van der Waals surface area contributed by atoms with Gasteiger partial charge in [-0.2, -0.15) is 0 Å². The predicted octanol–water partition coefficient (Wildman–Crippen LogP) is 4.27. The van der Waals surface area contributed by atoms with E-state index in [2.05, 4.69) is 22.5 Å². The molecular formula is C23H32N4O4. The molecule has 1 aromatic carbocycles. The second-order valence-corrected chi connectivity index (χ2v) is 9.25. The standard InChI is InChI=1S/C23H32N4O4/c1-14(2)30-22(29)26-19-9-15(3)25-18-8-7-16(10-17(18)19)20-11-27(13-24-20)12-21(28)31-23(4,5)6/h7-8,10-11,13-15,19,25H,9,12H2,1-6H3,(H,26,29). The summed E-state index contributed by atoms with van der Waals surface area (Å²) in [6.45, 7) is 11.3. The van der Waals surface area contributed by atoms with Gasteiger partial charge < -0.3 is 24.7 Å². The Bertz CT molecular complexity index is 945. The molecule has 2 N–H and O–H groups in total. The number of alkyl carbamates (subject to hydrolysis) is 1. The van der Waals surface area contributed by atoms with E-state index in [0.717, 1.165) is 28.9 Å². The van der Waals surface area contributed by atoms with Crippen molar-refractivity contribution < 1.29 is 19.1 Å². The van der Waals surface area contributed by atoms with Crippen molar-refractivity contribution in [2.24, 2.45) is 0 Å². The van der Waals surface area contributed by atoms with Crippen LogP contribution in [0, 0.1) is 0 Å². The molecule has 1 amide bonds. The number of nitrogens with one attached hydrogen (secondary N) is 2. The van der Waals surface area contributed by atoms with Gasteiger partial charge in [0.2, 0.25) is 0 Å². The number of carbonyl (C=O) groups is 2. The number of hydrogen-bond donors (Lipinski definition) is 2. The van der Waals surface area contributed by atoms with Gasteiger partial charge in [0.1, 0.15) is 12.1 Å². The minimum Gasteiger partial charge on any atom is -0.459 e. The van der Waals surface area contributed by atoms with Crippen molar-refractivity contribution in [2.75, 3.05) is 5.32 Å². The average Bonchev–Trinajstić information content (AvgIpc) is 3.07. The highest BCUT2D eigenvalue weighted by Crippen LogP contribution is 2.35. The minimum atomic E-state index is -0.526. The van der Waals surface area contributed by atoms with Crippen LogP contribution in [-0.4, -0.2) is 39.4 Å². The number of carbonyl (C=O) groups excluding carboxylic acids is 2. The van der Waals surface area contributed by atoms with Gasteiger partial charge in [-0.1, -0.05) is 6.07 Å². The third kappa shape index (κ3) is 6.23. The first-order valence-corrected chi connectivity index (χ1v) is 10.6. The Hall–Kier alpha value is -3.03. The molecule has 0 fully saturated rings. The fraction of sp³-hybridized carbons (Fsp3) is 0.522. The highest BCUT2D eigenvalue weighted by Gasteiger charge is 2.27. The summed E-state index contributed by atoms with van der Waals surface area (Å²) in [7, 11) is 0. The molecule has 31 heavy (non-hydrogen) atoms. The highest BCUT2D eigenvalue weighted by atomic mass is 16.6. The molecule has 1 aliphatic heterocycles. The number of ether oxygens (including phenoxy) is 2. The van der Waals surface area contributed by atoms with Crippen LogP contribution in [0.25, 0.3) is 11.3 Å². The van der Waals surface area contributed by atoms with Crippen molar-refractivity contribution >= 4 is 17.7 Å². The van der Waals surface area contributed by atoms with Crippen molar-refractivity contribution in [1.82, 2.24) is 14.9 Å². The van der Waals surface area contributed by atoms with Gasteiger partial charge in [0.05, 0.1) is 24.2 Å². The van der Waals surface area contributed by atoms with E-state index in [0.29, 0.717) is 0 Å². The van der Waals surface area contributed by atoms with E-state index in [-0.39, 0.29) is 30.7 Å². The van der Waals surface area contributed by atoms with Crippen LogP contribution in [0.1, 0.15) is 59.6 Å². The van der Waals surface area contributed by atoms with Gasteiger partial charge in [0, 0.05) is 23.5 Å². The van der Waals surface area contributed by atoms with Crippen LogP contribution in [0.3, 0.4) is 0 Å². The third-order valence-electron chi connectivity index (χ3n) is 4.71. The maximum Gasteiger partial charge on any atom is 0.407 e. The molecule has 2 atom stereocenters. The normalized spacial score (nSPS) is 18.2. The number of amides is 1. The Labute approximate surface area is 183 Å². The first kappa shape index (κ1) is 22.7. The molecule has 2 aromatic rings. The maximum atomic E-state index is 12.2. The number of nitrogens with zero attached hydrogens (tertiary/aromatic N) is 2. The van der Waals surface area contributed by atoms with E-state index in [1.807, 2.05) is 59.0 Å². The van der Waals surface area contributed by atoms with Gasteiger partial charge in [-0.25, -0.2) is 9.78 Å². The molecule has 2 heterocycles. The van der Waals surface area contributed by atoms with Crippen LogP contribution >= 0.6 is 0 Å². The summed E-state index contributed by atoms with van der Waals surface area (Å²) in [4.78, 5) is 28.7. The number of rotatable bonds is 5. The molecule has 0 saturated carbocycles. The van der Waals surface area contributed by atoms with Crippen LogP contribution in [0.2, 0.25) is 0 Å². The molecule has 2 unspecified atom stereocenters. The van der Waals surface area contributed by atoms with E-state index in [4.69, 9.17) is 9.47 Å². The van der Waals surface area contributed by atoms with E-state index in [9.17, 15) is 9.59 Å². The van der Waals surface area contributed by atoms with E-state index in [1.54, 1.807) is 10.9 Å². The van der Waals surface area contributed by atoms with Crippen molar-refractivity contribution in [3.8, 4) is 11.3 Å². The molecule has 1 aliphatic rings. The smallest absolute Gasteiger partial charge is 0.407 e.